The number of ether oxygens (including phenoxy) is 1. The number of benzene rings is 3. The highest BCUT2D eigenvalue weighted by Gasteiger charge is 2.21. The van der Waals surface area contributed by atoms with Gasteiger partial charge < -0.3 is 14.5 Å². The summed E-state index contributed by atoms with van der Waals surface area (Å²) >= 11 is 5.95. The predicted octanol–water partition coefficient (Wildman–Crippen LogP) is 4.65. The van der Waals surface area contributed by atoms with Crippen molar-refractivity contribution < 1.29 is 9.64 Å². The molecule has 1 N–H and O–H groups in total. The number of quaternary nitrogens is 1. The van der Waals surface area contributed by atoms with Crippen LogP contribution in [-0.4, -0.2) is 26.2 Å². The van der Waals surface area contributed by atoms with E-state index in [1.54, 1.807) is 4.90 Å². The molecular weight excluding hydrogens is 380 g/mol. The van der Waals surface area contributed by atoms with Gasteiger partial charge in [0.2, 0.25) is 0 Å². The third-order valence-corrected chi connectivity index (χ3v) is 6.04. The van der Waals surface area contributed by atoms with Crippen LogP contribution in [0.5, 0.6) is 11.5 Å². The predicted molar refractivity (Wildman–Crippen MR) is 120 cm³/mol. The van der Waals surface area contributed by atoms with Gasteiger partial charge in [-0.25, -0.2) is 0 Å². The number of hydrogen-bond donors (Lipinski definition) is 1. The first-order chi connectivity index (χ1) is 14.1. The van der Waals surface area contributed by atoms with Gasteiger partial charge in [-0.1, -0.05) is 35.9 Å². The molecule has 0 saturated carbocycles. The van der Waals surface area contributed by atoms with E-state index in [1.807, 2.05) is 30.3 Å². The van der Waals surface area contributed by atoms with E-state index in [9.17, 15) is 0 Å². The zero-order valence-corrected chi connectivity index (χ0v) is 17.9. The van der Waals surface area contributed by atoms with Crippen LogP contribution < -0.4 is 14.5 Å². The average molecular weight is 408 g/mol. The van der Waals surface area contributed by atoms with Crippen LogP contribution in [0.15, 0.2) is 66.7 Å². The number of anilines is 1. The van der Waals surface area contributed by atoms with Gasteiger partial charge in [0.25, 0.3) is 0 Å². The molecule has 0 atom stereocenters. The molecule has 4 heteroatoms. The first-order valence-electron chi connectivity index (χ1n) is 10.3. The zero-order chi connectivity index (χ0) is 20.2. The Bertz CT molecular complexity index is 963. The maximum absolute atomic E-state index is 5.99. The Morgan fingerprint density at radius 2 is 1.62 bits per heavy atom. The fourth-order valence-electron chi connectivity index (χ4n) is 3.97. The zero-order valence-electron chi connectivity index (χ0n) is 17.1. The number of rotatable bonds is 5. The molecule has 0 aliphatic carbocycles. The number of hydrogen-bond acceptors (Lipinski definition) is 2. The lowest BCUT2D eigenvalue weighted by atomic mass is 10.1. The van der Waals surface area contributed by atoms with Crippen molar-refractivity contribution in [1.82, 2.24) is 0 Å². The van der Waals surface area contributed by atoms with Gasteiger partial charge in [0.1, 0.15) is 18.0 Å². The molecule has 0 bridgehead atoms. The Balaban J connectivity index is 1.36. The third-order valence-electron chi connectivity index (χ3n) is 5.79. The lowest BCUT2D eigenvalue weighted by Crippen LogP contribution is -3.13. The smallest absolute Gasteiger partial charge is 0.127 e. The Morgan fingerprint density at radius 1 is 0.897 bits per heavy atom. The summed E-state index contributed by atoms with van der Waals surface area (Å²) in [5.41, 5.74) is 5.48. The van der Waals surface area contributed by atoms with Crippen LogP contribution in [0.2, 0.25) is 5.02 Å². The number of nitrogens with one attached hydrogen (secondary N) is 1. The second-order valence-corrected chi connectivity index (χ2v) is 8.27. The first kappa shape index (κ1) is 19.8. The van der Waals surface area contributed by atoms with Crippen LogP contribution >= 0.6 is 11.6 Å². The molecule has 0 aromatic heterocycles. The van der Waals surface area contributed by atoms with Crippen LogP contribution in [0, 0.1) is 13.8 Å². The summed E-state index contributed by atoms with van der Waals surface area (Å²) in [7, 11) is 0. The van der Waals surface area contributed by atoms with Crippen molar-refractivity contribution in [2.24, 2.45) is 0 Å². The lowest BCUT2D eigenvalue weighted by Gasteiger charge is -2.34. The molecule has 3 aromatic rings. The van der Waals surface area contributed by atoms with Crippen molar-refractivity contribution >= 4 is 17.3 Å². The maximum Gasteiger partial charge on any atom is 0.127 e. The normalized spacial score (nSPS) is 14.8. The van der Waals surface area contributed by atoms with E-state index in [2.05, 4.69) is 55.1 Å². The summed E-state index contributed by atoms with van der Waals surface area (Å²) in [6.45, 7) is 9.94. The minimum Gasteiger partial charge on any atom is -0.457 e. The van der Waals surface area contributed by atoms with Gasteiger partial charge >= 0.3 is 0 Å². The summed E-state index contributed by atoms with van der Waals surface area (Å²) in [6.07, 6.45) is 0. The van der Waals surface area contributed by atoms with Crippen LogP contribution in [0.4, 0.5) is 5.69 Å². The number of piperazine rings is 1. The highest BCUT2D eigenvalue weighted by Crippen LogP contribution is 2.24. The van der Waals surface area contributed by atoms with Crippen molar-refractivity contribution in [1.29, 1.82) is 0 Å². The first-order valence-corrected chi connectivity index (χ1v) is 10.6. The van der Waals surface area contributed by atoms with E-state index in [0.29, 0.717) is 0 Å². The van der Waals surface area contributed by atoms with Crippen LogP contribution in [0.1, 0.15) is 16.7 Å². The molecule has 1 saturated heterocycles. The molecule has 1 heterocycles. The Hall–Kier alpha value is -2.49. The van der Waals surface area contributed by atoms with E-state index >= 15 is 0 Å². The molecule has 1 aliphatic rings. The van der Waals surface area contributed by atoms with Gasteiger partial charge in [-0.3, -0.25) is 0 Å². The van der Waals surface area contributed by atoms with Gasteiger partial charge in [0.05, 0.1) is 26.2 Å². The molecule has 29 heavy (non-hydrogen) atoms. The number of halogens is 1. The topological polar surface area (TPSA) is 16.9 Å². The summed E-state index contributed by atoms with van der Waals surface area (Å²) in [5, 5.41) is 0.717. The van der Waals surface area contributed by atoms with E-state index in [4.69, 9.17) is 16.3 Å². The SMILES string of the molecule is Cc1cccc(N2CC[NH+](Cc3cccc(Oc4ccc(Cl)cc4)c3)CC2)c1C. The Morgan fingerprint density at radius 3 is 2.38 bits per heavy atom. The third kappa shape index (κ3) is 4.92. The van der Waals surface area contributed by atoms with Crippen molar-refractivity contribution in [2.75, 3.05) is 31.1 Å². The van der Waals surface area contributed by atoms with Crippen LogP contribution in [0.25, 0.3) is 0 Å². The van der Waals surface area contributed by atoms with Gasteiger partial charge in [-0.05, 0) is 67.4 Å². The molecule has 0 unspecified atom stereocenters. The summed E-state index contributed by atoms with van der Waals surface area (Å²) in [6, 6.07) is 22.5. The second kappa shape index (κ2) is 8.89. The Kier molecular flexibility index (Phi) is 6.08. The van der Waals surface area contributed by atoms with Crippen molar-refractivity contribution in [2.45, 2.75) is 20.4 Å². The summed E-state index contributed by atoms with van der Waals surface area (Å²) in [5.74, 6) is 1.68. The van der Waals surface area contributed by atoms with Gasteiger partial charge in [-0.15, -0.1) is 0 Å². The molecule has 3 aromatic carbocycles. The molecule has 0 amide bonds. The van der Waals surface area contributed by atoms with E-state index in [1.165, 1.54) is 22.4 Å². The minimum absolute atomic E-state index is 0.717. The van der Waals surface area contributed by atoms with Gasteiger partial charge in [0.15, 0.2) is 0 Å². The monoisotopic (exact) mass is 407 g/mol. The van der Waals surface area contributed by atoms with E-state index in [0.717, 1.165) is 49.2 Å². The summed E-state index contributed by atoms with van der Waals surface area (Å²) in [4.78, 5) is 4.15. The summed E-state index contributed by atoms with van der Waals surface area (Å²) < 4.78 is 5.99. The molecule has 4 rings (SSSR count). The molecule has 0 spiro atoms. The quantitative estimate of drug-likeness (QED) is 0.662. The van der Waals surface area contributed by atoms with Gasteiger partial charge in [-0.2, -0.15) is 0 Å². The lowest BCUT2D eigenvalue weighted by molar-refractivity contribution is -0.914. The highest BCUT2D eigenvalue weighted by atomic mass is 35.5. The van der Waals surface area contributed by atoms with Crippen molar-refractivity contribution in [3.05, 3.63) is 88.4 Å². The molecule has 0 radical (unpaired) electrons. The largest absolute Gasteiger partial charge is 0.457 e. The second-order valence-electron chi connectivity index (χ2n) is 7.84. The highest BCUT2D eigenvalue weighted by molar-refractivity contribution is 6.30. The van der Waals surface area contributed by atoms with E-state index in [-0.39, 0.29) is 0 Å². The van der Waals surface area contributed by atoms with Crippen LogP contribution in [-0.2, 0) is 6.54 Å². The number of aryl methyl sites for hydroxylation is 1. The standard InChI is InChI=1S/C25H27ClN2O/c1-19-5-3-8-25(20(19)2)28-15-13-27(14-16-28)18-21-6-4-7-24(17-21)29-23-11-9-22(26)10-12-23/h3-12,17H,13-16,18H2,1-2H3/p+1. The van der Waals surface area contributed by atoms with Crippen molar-refractivity contribution in [3.8, 4) is 11.5 Å². The number of nitrogens with zero attached hydrogens (tertiary/aromatic N) is 1. The maximum atomic E-state index is 5.99. The minimum atomic E-state index is 0.717. The molecule has 3 nitrogen and oxygen atoms in total. The fraction of sp³-hybridized carbons (Fsp3) is 0.280. The average Bonchev–Trinajstić information content (AvgIpc) is 2.73. The Labute approximate surface area is 178 Å². The molecule has 1 fully saturated rings. The van der Waals surface area contributed by atoms with Crippen molar-refractivity contribution in [3.63, 3.8) is 0 Å². The van der Waals surface area contributed by atoms with E-state index < -0.39 is 0 Å². The molecule has 150 valence electrons. The molecule has 1 aliphatic heterocycles. The molecular formula is C25H28ClN2O+. The fourth-order valence-corrected chi connectivity index (χ4v) is 4.09. The van der Waals surface area contributed by atoms with Gasteiger partial charge in [0, 0.05) is 16.3 Å². The van der Waals surface area contributed by atoms with Crippen LogP contribution in [0.3, 0.4) is 0 Å².